The summed E-state index contributed by atoms with van der Waals surface area (Å²) in [5, 5.41) is 6.61. The molecule has 0 unspecified atom stereocenters. The Labute approximate surface area is 135 Å². The molecule has 2 aromatic heterocycles. The van der Waals surface area contributed by atoms with Crippen molar-refractivity contribution in [3.8, 4) is 0 Å². The Morgan fingerprint density at radius 2 is 2.17 bits per heavy atom. The summed E-state index contributed by atoms with van der Waals surface area (Å²) in [4.78, 5) is 19.9. The molecule has 2 heterocycles. The number of aromatic nitrogens is 4. The molecule has 0 aliphatic carbocycles. The summed E-state index contributed by atoms with van der Waals surface area (Å²) in [7, 11) is 0. The van der Waals surface area contributed by atoms with E-state index in [-0.39, 0.29) is 0 Å². The van der Waals surface area contributed by atoms with E-state index in [1.54, 1.807) is 19.4 Å². The van der Waals surface area contributed by atoms with Crippen molar-refractivity contribution in [1.82, 2.24) is 25.0 Å². The number of aryl methyl sites for hydroxylation is 3. The molecule has 23 heavy (non-hydrogen) atoms. The minimum atomic E-state index is -0.491. The number of nitrogens with one attached hydrogen (secondary N) is 1. The molecular formula is C15H23N5O3. The molecule has 0 fully saturated rings. The van der Waals surface area contributed by atoms with Crippen molar-refractivity contribution in [2.75, 3.05) is 6.54 Å². The van der Waals surface area contributed by atoms with Crippen LogP contribution in [0.25, 0.3) is 0 Å². The first-order valence-corrected chi connectivity index (χ1v) is 7.58. The van der Waals surface area contributed by atoms with Crippen LogP contribution in [0.5, 0.6) is 0 Å². The number of amides is 1. The Hall–Kier alpha value is -2.38. The molecule has 0 spiro atoms. The molecule has 8 nitrogen and oxygen atoms in total. The Morgan fingerprint density at radius 3 is 2.83 bits per heavy atom. The number of nitrogens with zero attached hydrogens (tertiary/aromatic N) is 4. The number of alkyl carbamates (subject to hydrolysis) is 1. The molecule has 2 rings (SSSR count). The number of ether oxygens (including phenoxy) is 1. The largest absolute Gasteiger partial charge is 0.444 e. The molecule has 8 heteroatoms. The lowest BCUT2D eigenvalue weighted by molar-refractivity contribution is 0.0528. The third kappa shape index (κ3) is 5.72. The van der Waals surface area contributed by atoms with E-state index >= 15 is 0 Å². The standard InChI is InChI=1S/C15H23N5O3/c1-11-18-13(19-23-11)6-8-20-10-16-9-12(20)5-7-17-14(21)22-15(2,3)4/h9-10H,5-8H2,1-4H3,(H,17,21). The summed E-state index contributed by atoms with van der Waals surface area (Å²) in [6, 6.07) is 0. The molecule has 0 bridgehead atoms. The Morgan fingerprint density at radius 1 is 1.39 bits per heavy atom. The van der Waals surface area contributed by atoms with Crippen LogP contribution in [0.4, 0.5) is 4.79 Å². The molecule has 0 saturated heterocycles. The number of imidazole rings is 1. The summed E-state index contributed by atoms with van der Waals surface area (Å²) >= 11 is 0. The van der Waals surface area contributed by atoms with E-state index in [0.717, 1.165) is 5.69 Å². The number of hydrogen-bond donors (Lipinski definition) is 1. The first-order valence-electron chi connectivity index (χ1n) is 7.58. The van der Waals surface area contributed by atoms with Crippen LogP contribution in [-0.2, 0) is 24.1 Å². The molecule has 126 valence electrons. The van der Waals surface area contributed by atoms with E-state index < -0.39 is 11.7 Å². The number of rotatable bonds is 6. The second kappa shape index (κ2) is 7.26. The summed E-state index contributed by atoms with van der Waals surface area (Å²) in [6.45, 7) is 8.47. The lowest BCUT2D eigenvalue weighted by Crippen LogP contribution is -2.33. The third-order valence-corrected chi connectivity index (χ3v) is 2.99. The lowest BCUT2D eigenvalue weighted by Gasteiger charge is -2.19. The molecule has 0 aromatic carbocycles. The highest BCUT2D eigenvalue weighted by Gasteiger charge is 2.15. The predicted octanol–water partition coefficient (Wildman–Crippen LogP) is 1.88. The molecule has 1 amide bonds. The molecule has 0 saturated carbocycles. The van der Waals surface area contributed by atoms with Crippen molar-refractivity contribution in [1.29, 1.82) is 0 Å². The maximum atomic E-state index is 11.6. The number of carbonyl (C=O) groups excluding carboxylic acids is 1. The van der Waals surface area contributed by atoms with Crippen LogP contribution in [0.3, 0.4) is 0 Å². The average molecular weight is 321 g/mol. The predicted molar refractivity (Wildman–Crippen MR) is 82.9 cm³/mol. The van der Waals surface area contributed by atoms with Crippen LogP contribution in [0, 0.1) is 6.92 Å². The van der Waals surface area contributed by atoms with Crippen LogP contribution < -0.4 is 5.32 Å². The van der Waals surface area contributed by atoms with E-state index in [1.165, 1.54) is 0 Å². The third-order valence-electron chi connectivity index (χ3n) is 2.99. The highest BCUT2D eigenvalue weighted by molar-refractivity contribution is 5.67. The zero-order valence-electron chi connectivity index (χ0n) is 14.0. The van der Waals surface area contributed by atoms with Gasteiger partial charge in [-0.3, -0.25) is 0 Å². The second-order valence-electron chi connectivity index (χ2n) is 6.24. The number of carbonyl (C=O) groups is 1. The van der Waals surface area contributed by atoms with Crippen LogP contribution in [0.15, 0.2) is 17.0 Å². The van der Waals surface area contributed by atoms with Crippen LogP contribution >= 0.6 is 0 Å². The van der Waals surface area contributed by atoms with Gasteiger partial charge < -0.3 is 19.1 Å². The normalized spacial score (nSPS) is 11.5. The van der Waals surface area contributed by atoms with Gasteiger partial charge in [0.15, 0.2) is 5.82 Å². The smallest absolute Gasteiger partial charge is 0.407 e. The van der Waals surface area contributed by atoms with Gasteiger partial charge in [0.2, 0.25) is 5.89 Å². The first-order chi connectivity index (χ1) is 10.8. The maximum absolute atomic E-state index is 11.6. The fraction of sp³-hybridized carbons (Fsp3) is 0.600. The first kappa shape index (κ1) is 17.0. The van der Waals surface area contributed by atoms with E-state index in [4.69, 9.17) is 9.26 Å². The SMILES string of the molecule is Cc1nc(CCn2cncc2CCNC(=O)OC(C)(C)C)no1. The molecular weight excluding hydrogens is 298 g/mol. The Bertz CT molecular complexity index is 642. The fourth-order valence-corrected chi connectivity index (χ4v) is 2.03. The van der Waals surface area contributed by atoms with Crippen LogP contribution in [0.1, 0.15) is 38.2 Å². The second-order valence-corrected chi connectivity index (χ2v) is 6.24. The Balaban J connectivity index is 1.78. The fourth-order valence-electron chi connectivity index (χ4n) is 2.03. The van der Waals surface area contributed by atoms with Gasteiger partial charge >= 0.3 is 6.09 Å². The molecule has 2 aromatic rings. The molecule has 1 N–H and O–H groups in total. The summed E-state index contributed by atoms with van der Waals surface area (Å²) in [5.74, 6) is 1.24. The zero-order valence-corrected chi connectivity index (χ0v) is 14.0. The van der Waals surface area contributed by atoms with Gasteiger partial charge in [0, 0.05) is 44.7 Å². The molecule has 0 aliphatic rings. The van der Waals surface area contributed by atoms with Gasteiger partial charge in [-0.05, 0) is 20.8 Å². The molecule has 0 radical (unpaired) electrons. The summed E-state index contributed by atoms with van der Waals surface area (Å²) in [6.07, 6.45) is 4.48. The zero-order chi connectivity index (χ0) is 16.9. The van der Waals surface area contributed by atoms with Crippen molar-refractivity contribution in [3.05, 3.63) is 29.9 Å². The summed E-state index contributed by atoms with van der Waals surface area (Å²) in [5.41, 5.74) is 0.537. The van der Waals surface area contributed by atoms with Crippen molar-refractivity contribution in [3.63, 3.8) is 0 Å². The van der Waals surface area contributed by atoms with Gasteiger partial charge in [-0.15, -0.1) is 0 Å². The quantitative estimate of drug-likeness (QED) is 0.873. The van der Waals surface area contributed by atoms with Crippen molar-refractivity contribution < 1.29 is 14.1 Å². The average Bonchev–Trinajstić information content (AvgIpc) is 3.03. The monoisotopic (exact) mass is 321 g/mol. The lowest BCUT2D eigenvalue weighted by atomic mass is 10.2. The highest BCUT2D eigenvalue weighted by atomic mass is 16.6. The van der Waals surface area contributed by atoms with E-state index in [0.29, 0.717) is 37.6 Å². The molecule has 0 atom stereocenters. The van der Waals surface area contributed by atoms with E-state index in [2.05, 4.69) is 20.4 Å². The Kier molecular flexibility index (Phi) is 5.36. The van der Waals surface area contributed by atoms with E-state index in [9.17, 15) is 4.79 Å². The van der Waals surface area contributed by atoms with Gasteiger partial charge in [0.1, 0.15) is 5.60 Å². The topological polar surface area (TPSA) is 95.1 Å². The van der Waals surface area contributed by atoms with Crippen molar-refractivity contribution >= 4 is 6.09 Å². The minimum absolute atomic E-state index is 0.411. The highest BCUT2D eigenvalue weighted by Crippen LogP contribution is 2.07. The van der Waals surface area contributed by atoms with Gasteiger partial charge in [-0.2, -0.15) is 4.98 Å². The number of hydrogen-bond acceptors (Lipinski definition) is 6. The van der Waals surface area contributed by atoms with Crippen LogP contribution in [-0.4, -0.2) is 37.9 Å². The molecule has 0 aliphatic heterocycles. The van der Waals surface area contributed by atoms with Gasteiger partial charge in [0.05, 0.1) is 6.33 Å². The van der Waals surface area contributed by atoms with E-state index in [1.807, 2.05) is 25.3 Å². The van der Waals surface area contributed by atoms with Gasteiger partial charge in [0.25, 0.3) is 0 Å². The maximum Gasteiger partial charge on any atom is 0.407 e. The van der Waals surface area contributed by atoms with Crippen molar-refractivity contribution in [2.45, 2.75) is 52.7 Å². The summed E-state index contributed by atoms with van der Waals surface area (Å²) < 4.78 is 12.2. The minimum Gasteiger partial charge on any atom is -0.444 e. The van der Waals surface area contributed by atoms with Crippen LogP contribution in [0.2, 0.25) is 0 Å². The van der Waals surface area contributed by atoms with Gasteiger partial charge in [-0.1, -0.05) is 5.16 Å². The van der Waals surface area contributed by atoms with Crippen molar-refractivity contribution in [2.24, 2.45) is 0 Å². The van der Waals surface area contributed by atoms with Gasteiger partial charge in [-0.25, -0.2) is 9.78 Å².